The minimum Gasteiger partial charge on any atom is -0.357 e. The van der Waals surface area contributed by atoms with Crippen LogP contribution in [-0.4, -0.2) is 48.1 Å². The molecule has 0 radical (unpaired) electrons. The first-order valence-electron chi connectivity index (χ1n) is 9.77. The van der Waals surface area contributed by atoms with Gasteiger partial charge in [0.25, 0.3) is 0 Å². The lowest BCUT2D eigenvalue weighted by Gasteiger charge is -2.34. The van der Waals surface area contributed by atoms with Crippen LogP contribution in [0.4, 0.5) is 0 Å². The van der Waals surface area contributed by atoms with Gasteiger partial charge in [0, 0.05) is 30.2 Å². The number of nitrogens with zero attached hydrogens (tertiary/aromatic N) is 3. The van der Waals surface area contributed by atoms with E-state index in [4.69, 9.17) is 4.99 Å². The number of hydrogen-bond acceptors (Lipinski definition) is 4. The largest absolute Gasteiger partial charge is 0.357 e. The normalized spacial score (nSPS) is 18.2. The molecule has 2 N–H and O–H groups in total. The average molecular weight is 366 g/mol. The van der Waals surface area contributed by atoms with Crippen molar-refractivity contribution in [1.82, 2.24) is 20.5 Å². The molecule has 0 amide bonds. The summed E-state index contributed by atoms with van der Waals surface area (Å²) in [6.07, 6.45) is 7.35. The molecule has 1 aromatic rings. The molecule has 0 bridgehead atoms. The maximum absolute atomic E-state index is 4.72. The summed E-state index contributed by atoms with van der Waals surface area (Å²) in [6.45, 7) is 13.8. The molecular weight excluding hydrogens is 330 g/mol. The van der Waals surface area contributed by atoms with Gasteiger partial charge in [0.2, 0.25) is 0 Å². The Bertz CT molecular complexity index is 518. The molecule has 1 fully saturated rings. The van der Waals surface area contributed by atoms with Crippen molar-refractivity contribution in [2.45, 2.75) is 66.0 Å². The van der Waals surface area contributed by atoms with Gasteiger partial charge in [-0.1, -0.05) is 26.7 Å². The van der Waals surface area contributed by atoms with Crippen LogP contribution in [0.2, 0.25) is 0 Å². The van der Waals surface area contributed by atoms with Crippen molar-refractivity contribution >= 4 is 17.3 Å². The van der Waals surface area contributed by atoms with E-state index in [9.17, 15) is 0 Å². The fourth-order valence-corrected chi connectivity index (χ4v) is 4.09. The number of guanidine groups is 1. The third-order valence-electron chi connectivity index (χ3n) is 4.74. The number of thiazole rings is 1. The molecule has 1 unspecified atom stereocenters. The van der Waals surface area contributed by atoms with Gasteiger partial charge in [0.05, 0.1) is 6.54 Å². The minimum atomic E-state index is 0.559. The Labute approximate surface area is 157 Å². The van der Waals surface area contributed by atoms with Crippen molar-refractivity contribution in [2.75, 3.05) is 26.2 Å². The quantitative estimate of drug-likeness (QED) is 0.574. The number of nitrogens with one attached hydrogen (secondary N) is 2. The van der Waals surface area contributed by atoms with Crippen LogP contribution in [0.15, 0.2) is 11.2 Å². The maximum Gasteiger partial charge on any atom is 0.191 e. The molecule has 1 aliphatic rings. The van der Waals surface area contributed by atoms with Crippen LogP contribution in [0.3, 0.4) is 0 Å². The summed E-state index contributed by atoms with van der Waals surface area (Å²) in [6, 6.07) is 0.559. The third kappa shape index (κ3) is 6.94. The molecule has 2 heterocycles. The topological polar surface area (TPSA) is 52.6 Å². The van der Waals surface area contributed by atoms with Crippen LogP contribution in [0.5, 0.6) is 0 Å². The van der Waals surface area contributed by atoms with E-state index >= 15 is 0 Å². The Balaban J connectivity index is 1.93. The van der Waals surface area contributed by atoms with Gasteiger partial charge in [-0.25, -0.2) is 9.98 Å². The molecule has 0 saturated carbocycles. The molecular formula is C19H35N5S. The van der Waals surface area contributed by atoms with Gasteiger partial charge in [-0.15, -0.1) is 11.3 Å². The average Bonchev–Trinajstić information content (AvgIpc) is 2.83. The number of hydrogen-bond donors (Lipinski definition) is 2. The van der Waals surface area contributed by atoms with Crippen LogP contribution in [-0.2, 0) is 6.54 Å². The van der Waals surface area contributed by atoms with E-state index in [-0.39, 0.29) is 0 Å². The Morgan fingerprint density at radius 2 is 1.96 bits per heavy atom. The first kappa shape index (κ1) is 20.2. The number of aromatic nitrogens is 1. The summed E-state index contributed by atoms with van der Waals surface area (Å²) >= 11 is 1.72. The lowest BCUT2D eigenvalue weighted by Crippen LogP contribution is -2.49. The van der Waals surface area contributed by atoms with E-state index in [1.807, 2.05) is 6.20 Å². The summed E-state index contributed by atoms with van der Waals surface area (Å²) in [4.78, 5) is 13.0. The standard InChI is InChI=1S/C19H35N5S/c1-5-20-19(23-14-18-21-12-16(4)25-18)22-13-17(15(2)3)24-10-8-6-7-9-11-24/h12,15,17H,5-11,13-14H2,1-4H3,(H2,20,22,23). The first-order valence-corrected chi connectivity index (χ1v) is 10.6. The zero-order valence-electron chi connectivity index (χ0n) is 16.3. The van der Waals surface area contributed by atoms with Crippen LogP contribution >= 0.6 is 11.3 Å². The van der Waals surface area contributed by atoms with E-state index in [2.05, 4.69) is 48.2 Å². The Morgan fingerprint density at radius 1 is 1.24 bits per heavy atom. The molecule has 1 saturated heterocycles. The molecule has 2 rings (SSSR count). The fourth-order valence-electron chi connectivity index (χ4n) is 3.38. The highest BCUT2D eigenvalue weighted by atomic mass is 32.1. The summed E-state index contributed by atoms with van der Waals surface area (Å²) in [5.41, 5.74) is 0. The highest BCUT2D eigenvalue weighted by molar-refractivity contribution is 7.11. The van der Waals surface area contributed by atoms with Gasteiger partial charge in [-0.3, -0.25) is 4.90 Å². The van der Waals surface area contributed by atoms with Crippen LogP contribution in [0.25, 0.3) is 0 Å². The van der Waals surface area contributed by atoms with E-state index < -0.39 is 0 Å². The highest BCUT2D eigenvalue weighted by Gasteiger charge is 2.22. The molecule has 142 valence electrons. The van der Waals surface area contributed by atoms with Crippen LogP contribution < -0.4 is 10.6 Å². The molecule has 1 aliphatic heterocycles. The second-order valence-electron chi connectivity index (χ2n) is 7.20. The SMILES string of the molecule is CCNC(=NCc1ncc(C)s1)NCC(C(C)C)N1CCCCCC1. The Hall–Kier alpha value is -1.14. The van der Waals surface area contributed by atoms with Crippen LogP contribution in [0.1, 0.15) is 56.3 Å². The predicted molar refractivity (Wildman–Crippen MR) is 108 cm³/mol. The van der Waals surface area contributed by atoms with Crippen molar-refractivity contribution in [3.05, 3.63) is 16.1 Å². The molecule has 1 aromatic heterocycles. The van der Waals surface area contributed by atoms with Gasteiger partial charge in [-0.2, -0.15) is 0 Å². The van der Waals surface area contributed by atoms with Gasteiger partial charge < -0.3 is 10.6 Å². The summed E-state index contributed by atoms with van der Waals surface area (Å²) in [5, 5.41) is 8.01. The van der Waals surface area contributed by atoms with Gasteiger partial charge in [0.1, 0.15) is 5.01 Å². The molecule has 0 aliphatic carbocycles. The second kappa shape index (κ2) is 10.8. The fraction of sp³-hybridized carbons (Fsp3) is 0.789. The lowest BCUT2D eigenvalue weighted by molar-refractivity contribution is 0.161. The molecule has 5 nitrogen and oxygen atoms in total. The van der Waals surface area contributed by atoms with Crippen molar-refractivity contribution in [3.8, 4) is 0 Å². The zero-order chi connectivity index (χ0) is 18.1. The summed E-state index contributed by atoms with van der Waals surface area (Å²) < 4.78 is 0. The Kier molecular flexibility index (Phi) is 8.68. The predicted octanol–water partition coefficient (Wildman–Crippen LogP) is 3.41. The number of rotatable bonds is 7. The molecule has 6 heteroatoms. The Morgan fingerprint density at radius 3 is 2.52 bits per heavy atom. The van der Waals surface area contributed by atoms with Gasteiger partial charge in [-0.05, 0) is 45.7 Å². The van der Waals surface area contributed by atoms with Crippen molar-refractivity contribution in [2.24, 2.45) is 10.9 Å². The molecule has 0 spiro atoms. The third-order valence-corrected chi connectivity index (χ3v) is 5.64. The summed E-state index contributed by atoms with van der Waals surface area (Å²) in [7, 11) is 0. The summed E-state index contributed by atoms with van der Waals surface area (Å²) in [5.74, 6) is 1.53. The number of likely N-dealkylation sites (tertiary alicyclic amines) is 1. The second-order valence-corrected chi connectivity index (χ2v) is 8.52. The number of aryl methyl sites for hydroxylation is 1. The van der Waals surface area contributed by atoms with Gasteiger partial charge >= 0.3 is 0 Å². The van der Waals surface area contributed by atoms with Crippen LogP contribution in [0, 0.1) is 12.8 Å². The monoisotopic (exact) mass is 365 g/mol. The zero-order valence-corrected chi connectivity index (χ0v) is 17.2. The van der Waals surface area contributed by atoms with E-state index in [0.717, 1.165) is 24.1 Å². The van der Waals surface area contributed by atoms with Gasteiger partial charge in [0.15, 0.2) is 5.96 Å². The van der Waals surface area contributed by atoms with E-state index in [1.54, 1.807) is 11.3 Å². The minimum absolute atomic E-state index is 0.559. The van der Waals surface area contributed by atoms with E-state index in [0.29, 0.717) is 18.5 Å². The molecule has 0 aromatic carbocycles. The van der Waals surface area contributed by atoms with E-state index in [1.165, 1.54) is 43.6 Å². The van der Waals surface area contributed by atoms with Crippen molar-refractivity contribution in [1.29, 1.82) is 0 Å². The molecule has 1 atom stereocenters. The molecule has 25 heavy (non-hydrogen) atoms. The van der Waals surface area contributed by atoms with Crippen molar-refractivity contribution in [3.63, 3.8) is 0 Å². The highest BCUT2D eigenvalue weighted by Crippen LogP contribution is 2.17. The smallest absolute Gasteiger partial charge is 0.191 e. The van der Waals surface area contributed by atoms with Crippen molar-refractivity contribution < 1.29 is 0 Å². The first-order chi connectivity index (χ1) is 12.1. The lowest BCUT2D eigenvalue weighted by atomic mass is 10.0. The number of aliphatic imine (C=N–C) groups is 1. The maximum atomic E-state index is 4.72.